The fourth-order valence-electron chi connectivity index (χ4n) is 3.61. The number of nitrogens with one attached hydrogen (secondary N) is 1. The van der Waals surface area contributed by atoms with Gasteiger partial charge in [0.25, 0.3) is 0 Å². The molecule has 2 aromatic carbocycles. The zero-order valence-corrected chi connectivity index (χ0v) is 18.2. The SMILES string of the molecule is Cc1cc(C(N)=O)cc(C)c1CC(CNC(=O)C[C@H](C)c1ccccc1)N(C)C. The fourth-order valence-corrected chi connectivity index (χ4v) is 3.61. The Morgan fingerprint density at radius 3 is 2.17 bits per heavy atom. The molecule has 3 N–H and O–H groups in total. The number of primary amides is 1. The lowest BCUT2D eigenvalue weighted by molar-refractivity contribution is -0.121. The lowest BCUT2D eigenvalue weighted by Crippen LogP contribution is -2.42. The van der Waals surface area contributed by atoms with Crippen molar-refractivity contribution in [1.29, 1.82) is 0 Å². The molecule has 0 heterocycles. The summed E-state index contributed by atoms with van der Waals surface area (Å²) in [6, 6.07) is 13.9. The van der Waals surface area contributed by atoms with E-state index in [2.05, 4.69) is 29.3 Å². The number of aryl methyl sites for hydroxylation is 2. The summed E-state index contributed by atoms with van der Waals surface area (Å²) in [5.41, 5.74) is 10.4. The van der Waals surface area contributed by atoms with Gasteiger partial charge in [0, 0.05) is 24.6 Å². The van der Waals surface area contributed by atoms with Gasteiger partial charge in [0.05, 0.1) is 0 Å². The van der Waals surface area contributed by atoms with Gasteiger partial charge >= 0.3 is 0 Å². The molecule has 5 nitrogen and oxygen atoms in total. The number of rotatable bonds is 9. The molecule has 0 aromatic heterocycles. The van der Waals surface area contributed by atoms with Crippen LogP contribution in [0.4, 0.5) is 0 Å². The molecule has 2 atom stereocenters. The maximum absolute atomic E-state index is 12.5. The van der Waals surface area contributed by atoms with Crippen LogP contribution in [-0.2, 0) is 11.2 Å². The number of hydrogen-bond donors (Lipinski definition) is 2. The molecule has 0 aliphatic carbocycles. The van der Waals surface area contributed by atoms with Crippen molar-refractivity contribution in [1.82, 2.24) is 10.2 Å². The first-order valence-corrected chi connectivity index (χ1v) is 10.1. The van der Waals surface area contributed by atoms with Gasteiger partial charge < -0.3 is 16.0 Å². The number of benzene rings is 2. The lowest BCUT2D eigenvalue weighted by Gasteiger charge is -2.26. The highest BCUT2D eigenvalue weighted by Crippen LogP contribution is 2.20. The van der Waals surface area contributed by atoms with Gasteiger partial charge in [-0.25, -0.2) is 0 Å². The van der Waals surface area contributed by atoms with E-state index in [-0.39, 0.29) is 17.9 Å². The number of nitrogens with zero attached hydrogens (tertiary/aromatic N) is 1. The van der Waals surface area contributed by atoms with E-state index >= 15 is 0 Å². The molecule has 0 fully saturated rings. The molecule has 0 saturated heterocycles. The molecule has 2 aromatic rings. The quantitative estimate of drug-likeness (QED) is 0.685. The van der Waals surface area contributed by atoms with E-state index in [0.717, 1.165) is 17.5 Å². The van der Waals surface area contributed by atoms with Crippen molar-refractivity contribution in [3.63, 3.8) is 0 Å². The van der Waals surface area contributed by atoms with Gasteiger partial charge in [-0.05, 0) is 74.7 Å². The Morgan fingerprint density at radius 1 is 1.07 bits per heavy atom. The molecular formula is C24H33N3O2. The first-order valence-electron chi connectivity index (χ1n) is 10.1. The second kappa shape index (κ2) is 10.2. The Labute approximate surface area is 174 Å². The van der Waals surface area contributed by atoms with Crippen LogP contribution in [0, 0.1) is 13.8 Å². The average Bonchev–Trinajstić information content (AvgIpc) is 2.66. The molecule has 5 heteroatoms. The minimum atomic E-state index is -0.410. The summed E-state index contributed by atoms with van der Waals surface area (Å²) in [6.45, 7) is 6.65. The van der Waals surface area contributed by atoms with Gasteiger partial charge in [-0.1, -0.05) is 37.3 Å². The predicted octanol–water partition coefficient (Wildman–Crippen LogP) is 3.19. The highest BCUT2D eigenvalue weighted by atomic mass is 16.1. The largest absolute Gasteiger partial charge is 0.366 e. The average molecular weight is 396 g/mol. The monoisotopic (exact) mass is 395 g/mol. The summed E-state index contributed by atoms with van der Waals surface area (Å²) < 4.78 is 0. The van der Waals surface area contributed by atoms with Crippen molar-refractivity contribution < 1.29 is 9.59 Å². The summed E-state index contributed by atoms with van der Waals surface area (Å²) >= 11 is 0. The third-order valence-corrected chi connectivity index (χ3v) is 5.55. The molecular weight excluding hydrogens is 362 g/mol. The van der Waals surface area contributed by atoms with E-state index in [4.69, 9.17) is 5.73 Å². The molecule has 29 heavy (non-hydrogen) atoms. The van der Waals surface area contributed by atoms with Crippen molar-refractivity contribution in [3.8, 4) is 0 Å². The standard InChI is InChI=1S/C24H33N3O2/c1-16(19-9-7-6-8-10-19)13-23(28)26-15-21(27(4)5)14-22-17(2)11-20(24(25)29)12-18(22)3/h6-12,16,21H,13-15H2,1-5H3,(H2,25,29)(H,26,28)/t16-,21?/m0/s1. The summed E-state index contributed by atoms with van der Waals surface area (Å²) in [5.74, 6) is -0.169. The Kier molecular flexibility index (Phi) is 7.97. The molecule has 0 spiro atoms. The Balaban J connectivity index is 2.00. The lowest BCUT2D eigenvalue weighted by atomic mass is 9.93. The number of carbonyl (C=O) groups excluding carboxylic acids is 2. The first-order chi connectivity index (χ1) is 13.7. The van der Waals surface area contributed by atoms with Crippen LogP contribution in [0.2, 0.25) is 0 Å². The predicted molar refractivity (Wildman–Crippen MR) is 118 cm³/mol. The minimum absolute atomic E-state index is 0.0609. The van der Waals surface area contributed by atoms with Crippen molar-refractivity contribution in [2.75, 3.05) is 20.6 Å². The van der Waals surface area contributed by atoms with Crippen molar-refractivity contribution in [2.45, 2.75) is 45.6 Å². The summed E-state index contributed by atoms with van der Waals surface area (Å²) in [5, 5.41) is 3.10. The van der Waals surface area contributed by atoms with E-state index in [0.29, 0.717) is 18.5 Å². The smallest absolute Gasteiger partial charge is 0.248 e. The summed E-state index contributed by atoms with van der Waals surface area (Å²) in [6.07, 6.45) is 1.26. The summed E-state index contributed by atoms with van der Waals surface area (Å²) in [4.78, 5) is 26.1. The molecule has 0 bridgehead atoms. The topological polar surface area (TPSA) is 75.4 Å². The Morgan fingerprint density at radius 2 is 1.66 bits per heavy atom. The van der Waals surface area contributed by atoms with E-state index in [1.165, 1.54) is 11.1 Å². The maximum atomic E-state index is 12.5. The van der Waals surface area contributed by atoms with Gasteiger partial charge in [0.2, 0.25) is 11.8 Å². The van der Waals surface area contributed by atoms with E-state index < -0.39 is 5.91 Å². The zero-order valence-electron chi connectivity index (χ0n) is 18.2. The number of likely N-dealkylation sites (N-methyl/N-ethyl adjacent to an activating group) is 1. The highest BCUT2D eigenvalue weighted by molar-refractivity contribution is 5.93. The molecule has 1 unspecified atom stereocenters. The fraction of sp³-hybridized carbons (Fsp3) is 0.417. The minimum Gasteiger partial charge on any atom is -0.366 e. The van der Waals surface area contributed by atoms with Gasteiger partial charge in [-0.15, -0.1) is 0 Å². The normalized spacial score (nSPS) is 13.2. The second-order valence-electron chi connectivity index (χ2n) is 8.09. The van der Waals surface area contributed by atoms with E-state index in [9.17, 15) is 9.59 Å². The number of amides is 2. The van der Waals surface area contributed by atoms with Gasteiger partial charge in [-0.3, -0.25) is 9.59 Å². The third kappa shape index (κ3) is 6.43. The van der Waals surface area contributed by atoms with Crippen molar-refractivity contribution in [3.05, 3.63) is 70.3 Å². The Bertz CT molecular complexity index is 823. The molecule has 2 rings (SSSR count). The van der Waals surface area contributed by atoms with Crippen molar-refractivity contribution >= 4 is 11.8 Å². The van der Waals surface area contributed by atoms with E-state index in [1.54, 1.807) is 0 Å². The first kappa shape index (κ1) is 22.6. The Hall–Kier alpha value is -2.66. The molecule has 0 aliphatic rings. The van der Waals surface area contributed by atoms with E-state index in [1.807, 2.05) is 58.3 Å². The molecule has 2 amide bonds. The van der Waals surface area contributed by atoms with Crippen LogP contribution < -0.4 is 11.1 Å². The second-order valence-corrected chi connectivity index (χ2v) is 8.09. The molecule has 0 aliphatic heterocycles. The van der Waals surface area contributed by atoms with Crippen LogP contribution in [0.3, 0.4) is 0 Å². The molecule has 156 valence electrons. The van der Waals surface area contributed by atoms with Gasteiger partial charge in [0.1, 0.15) is 0 Å². The van der Waals surface area contributed by atoms with Crippen LogP contribution >= 0.6 is 0 Å². The zero-order chi connectivity index (χ0) is 21.6. The van der Waals surface area contributed by atoms with Gasteiger partial charge in [0.15, 0.2) is 0 Å². The summed E-state index contributed by atoms with van der Waals surface area (Å²) in [7, 11) is 4.04. The molecule has 0 saturated carbocycles. The molecule has 0 radical (unpaired) electrons. The van der Waals surface area contributed by atoms with Crippen LogP contribution in [-0.4, -0.2) is 43.4 Å². The van der Waals surface area contributed by atoms with Crippen molar-refractivity contribution in [2.24, 2.45) is 5.73 Å². The van der Waals surface area contributed by atoms with Crippen LogP contribution in [0.1, 0.15) is 51.9 Å². The maximum Gasteiger partial charge on any atom is 0.248 e. The third-order valence-electron chi connectivity index (χ3n) is 5.55. The number of carbonyl (C=O) groups is 2. The van der Waals surface area contributed by atoms with Gasteiger partial charge in [-0.2, -0.15) is 0 Å². The van der Waals surface area contributed by atoms with Crippen LogP contribution in [0.15, 0.2) is 42.5 Å². The number of nitrogens with two attached hydrogens (primary N) is 1. The van der Waals surface area contributed by atoms with Crippen LogP contribution in [0.5, 0.6) is 0 Å². The van der Waals surface area contributed by atoms with Crippen LogP contribution in [0.25, 0.3) is 0 Å². The highest BCUT2D eigenvalue weighted by Gasteiger charge is 2.18. The number of hydrogen-bond acceptors (Lipinski definition) is 3.